The fraction of sp³-hybridized carbons (Fsp3) is 0.188. The van der Waals surface area contributed by atoms with Crippen LogP contribution in [-0.2, 0) is 6.61 Å². The number of hydrogen-bond donors (Lipinski definition) is 0. The molecule has 0 amide bonds. The van der Waals surface area contributed by atoms with E-state index in [-0.39, 0.29) is 0 Å². The number of thioether (sulfide) groups is 1. The largest absolute Gasteiger partial charge is 0.486 e. The van der Waals surface area contributed by atoms with Crippen molar-refractivity contribution < 1.29 is 9.15 Å². The van der Waals surface area contributed by atoms with Crippen molar-refractivity contribution in [3.63, 3.8) is 0 Å². The van der Waals surface area contributed by atoms with Crippen LogP contribution in [0.2, 0.25) is 0 Å². The van der Waals surface area contributed by atoms with Gasteiger partial charge in [0, 0.05) is 4.47 Å². The lowest BCUT2D eigenvalue weighted by Gasteiger charge is -2.03. The van der Waals surface area contributed by atoms with Crippen molar-refractivity contribution in [1.29, 1.82) is 0 Å². The highest BCUT2D eigenvalue weighted by molar-refractivity contribution is 9.10. The molecule has 124 valence electrons. The van der Waals surface area contributed by atoms with Crippen molar-refractivity contribution in [3.8, 4) is 5.75 Å². The molecule has 0 fully saturated rings. The summed E-state index contributed by atoms with van der Waals surface area (Å²) in [4.78, 5) is 0. The van der Waals surface area contributed by atoms with E-state index >= 15 is 0 Å². The molecule has 0 atom stereocenters. The molecule has 0 aliphatic heterocycles. The highest BCUT2D eigenvalue weighted by Gasteiger charge is 2.06. The zero-order valence-electron chi connectivity index (χ0n) is 13.1. The van der Waals surface area contributed by atoms with Gasteiger partial charge in [-0.2, -0.15) is 9.78 Å². The minimum atomic E-state index is 0.358. The van der Waals surface area contributed by atoms with Crippen molar-refractivity contribution in [2.24, 2.45) is 5.10 Å². The SMILES string of the molecule is CSc1nnc(C)n1N=Cc1ccc(COc2ccc(Br)cc2)o1. The first-order chi connectivity index (χ1) is 11.7. The Balaban J connectivity index is 1.64. The van der Waals surface area contributed by atoms with E-state index < -0.39 is 0 Å². The Morgan fingerprint density at radius 3 is 2.79 bits per heavy atom. The summed E-state index contributed by atoms with van der Waals surface area (Å²) in [6.07, 6.45) is 3.57. The zero-order chi connectivity index (χ0) is 16.9. The summed E-state index contributed by atoms with van der Waals surface area (Å²) in [5, 5.41) is 13.1. The van der Waals surface area contributed by atoms with Crippen LogP contribution in [0.5, 0.6) is 5.75 Å². The van der Waals surface area contributed by atoms with Gasteiger partial charge in [-0.05, 0) is 49.6 Å². The molecule has 0 saturated carbocycles. The van der Waals surface area contributed by atoms with E-state index in [1.165, 1.54) is 11.8 Å². The van der Waals surface area contributed by atoms with Crippen LogP contribution < -0.4 is 4.74 Å². The maximum absolute atomic E-state index is 5.70. The summed E-state index contributed by atoms with van der Waals surface area (Å²) in [6, 6.07) is 11.4. The molecule has 0 unspecified atom stereocenters. The van der Waals surface area contributed by atoms with Crippen LogP contribution in [0, 0.1) is 6.92 Å². The van der Waals surface area contributed by atoms with Crippen LogP contribution in [0.3, 0.4) is 0 Å². The Labute approximate surface area is 152 Å². The zero-order valence-corrected chi connectivity index (χ0v) is 15.5. The van der Waals surface area contributed by atoms with Gasteiger partial charge < -0.3 is 9.15 Å². The first-order valence-corrected chi connectivity index (χ1v) is 9.15. The molecule has 2 heterocycles. The molecule has 1 aromatic carbocycles. The lowest BCUT2D eigenvalue weighted by molar-refractivity contribution is 0.270. The van der Waals surface area contributed by atoms with Crippen LogP contribution in [-0.4, -0.2) is 27.3 Å². The Hall–Kier alpha value is -2.06. The molecule has 2 aromatic heterocycles. The number of furan rings is 1. The molecule has 0 aliphatic carbocycles. The van der Waals surface area contributed by atoms with Gasteiger partial charge in [-0.3, -0.25) is 0 Å². The number of ether oxygens (including phenoxy) is 1. The Morgan fingerprint density at radius 2 is 2.04 bits per heavy atom. The van der Waals surface area contributed by atoms with Crippen LogP contribution in [0.1, 0.15) is 17.3 Å². The quantitative estimate of drug-likeness (QED) is 0.454. The molecule has 3 aromatic rings. The van der Waals surface area contributed by atoms with E-state index in [9.17, 15) is 0 Å². The van der Waals surface area contributed by atoms with E-state index in [2.05, 4.69) is 31.2 Å². The molecule has 0 bridgehead atoms. The summed E-state index contributed by atoms with van der Waals surface area (Å²) in [6.45, 7) is 2.21. The molecule has 0 radical (unpaired) electrons. The molecule has 0 saturated heterocycles. The molecule has 8 heteroatoms. The Bertz CT molecular complexity index is 842. The molecular formula is C16H15BrN4O2S. The smallest absolute Gasteiger partial charge is 0.211 e. The minimum absolute atomic E-state index is 0.358. The number of aryl methyl sites for hydroxylation is 1. The fourth-order valence-corrected chi connectivity index (χ4v) is 2.68. The molecule has 3 rings (SSSR count). The van der Waals surface area contributed by atoms with E-state index in [1.807, 2.05) is 49.6 Å². The van der Waals surface area contributed by atoms with Crippen LogP contribution in [0.15, 0.2) is 55.5 Å². The first kappa shape index (κ1) is 16.8. The van der Waals surface area contributed by atoms with Gasteiger partial charge in [-0.25, -0.2) is 0 Å². The third kappa shape index (κ3) is 4.07. The average Bonchev–Trinajstić information content (AvgIpc) is 3.18. The normalized spacial score (nSPS) is 11.3. The lowest BCUT2D eigenvalue weighted by Crippen LogP contribution is -1.95. The molecule has 0 aliphatic rings. The predicted octanol–water partition coefficient (Wildman–Crippen LogP) is 4.13. The summed E-state index contributed by atoms with van der Waals surface area (Å²) in [5.74, 6) is 2.88. The second-order valence-corrected chi connectivity index (χ2v) is 6.53. The number of aromatic nitrogens is 3. The van der Waals surface area contributed by atoms with Gasteiger partial charge in [0.15, 0.2) is 5.82 Å². The van der Waals surface area contributed by atoms with Gasteiger partial charge in [0.25, 0.3) is 0 Å². The third-order valence-corrected chi connectivity index (χ3v) is 4.28. The summed E-state index contributed by atoms with van der Waals surface area (Å²) in [5.41, 5.74) is 0. The molecule has 0 N–H and O–H groups in total. The van der Waals surface area contributed by atoms with Gasteiger partial charge in [0.1, 0.15) is 23.9 Å². The molecule has 24 heavy (non-hydrogen) atoms. The van der Waals surface area contributed by atoms with Crippen molar-refractivity contribution in [2.75, 3.05) is 6.26 Å². The maximum atomic E-state index is 5.70. The van der Waals surface area contributed by atoms with Gasteiger partial charge in [-0.1, -0.05) is 27.7 Å². The van der Waals surface area contributed by atoms with E-state index in [0.717, 1.165) is 27.0 Å². The summed E-state index contributed by atoms with van der Waals surface area (Å²) in [7, 11) is 0. The number of hydrogen-bond acceptors (Lipinski definition) is 6. The van der Waals surface area contributed by atoms with Crippen LogP contribution >= 0.6 is 27.7 Å². The molecular weight excluding hydrogens is 392 g/mol. The highest BCUT2D eigenvalue weighted by atomic mass is 79.9. The second-order valence-electron chi connectivity index (χ2n) is 4.84. The Morgan fingerprint density at radius 1 is 1.25 bits per heavy atom. The Kier molecular flexibility index (Phi) is 5.37. The monoisotopic (exact) mass is 406 g/mol. The minimum Gasteiger partial charge on any atom is -0.486 e. The van der Waals surface area contributed by atoms with Gasteiger partial charge >= 0.3 is 0 Å². The van der Waals surface area contributed by atoms with Crippen molar-refractivity contribution in [3.05, 3.63) is 58.2 Å². The summed E-state index contributed by atoms with van der Waals surface area (Å²) >= 11 is 4.88. The predicted molar refractivity (Wildman–Crippen MR) is 96.7 cm³/mol. The van der Waals surface area contributed by atoms with Crippen molar-refractivity contribution in [2.45, 2.75) is 18.7 Å². The van der Waals surface area contributed by atoms with E-state index in [1.54, 1.807) is 10.9 Å². The number of benzene rings is 1. The van der Waals surface area contributed by atoms with E-state index in [4.69, 9.17) is 9.15 Å². The van der Waals surface area contributed by atoms with Gasteiger partial charge in [-0.15, -0.1) is 10.2 Å². The number of nitrogens with zero attached hydrogens (tertiary/aromatic N) is 4. The third-order valence-electron chi connectivity index (χ3n) is 3.13. The number of rotatable bonds is 6. The van der Waals surface area contributed by atoms with Gasteiger partial charge in [0.05, 0.1) is 6.21 Å². The standard InChI is InChI=1S/C16H15BrN4O2S/c1-11-19-20-16(24-2)21(11)18-9-14-7-8-15(23-14)10-22-13-5-3-12(17)4-6-13/h3-9H,10H2,1-2H3. The highest BCUT2D eigenvalue weighted by Crippen LogP contribution is 2.18. The number of halogens is 1. The summed E-state index contributed by atoms with van der Waals surface area (Å²) < 4.78 is 14.1. The fourth-order valence-electron chi connectivity index (χ4n) is 1.94. The molecule has 0 spiro atoms. The van der Waals surface area contributed by atoms with Crippen LogP contribution in [0.4, 0.5) is 0 Å². The van der Waals surface area contributed by atoms with Crippen molar-refractivity contribution in [1.82, 2.24) is 14.9 Å². The first-order valence-electron chi connectivity index (χ1n) is 7.13. The average molecular weight is 407 g/mol. The second kappa shape index (κ2) is 7.67. The van der Waals surface area contributed by atoms with E-state index in [0.29, 0.717) is 12.4 Å². The van der Waals surface area contributed by atoms with Gasteiger partial charge in [0.2, 0.25) is 5.16 Å². The topological polar surface area (TPSA) is 65.4 Å². The lowest BCUT2D eigenvalue weighted by atomic mass is 10.3. The maximum Gasteiger partial charge on any atom is 0.211 e. The van der Waals surface area contributed by atoms with Crippen molar-refractivity contribution >= 4 is 33.9 Å². The van der Waals surface area contributed by atoms with Crippen LogP contribution in [0.25, 0.3) is 0 Å². The molecule has 6 nitrogen and oxygen atoms in total.